The average molecular weight is 516 g/mol. The third-order valence-electron chi connectivity index (χ3n) is 5.67. The van der Waals surface area contributed by atoms with Crippen molar-refractivity contribution in [3.8, 4) is 17.2 Å². The number of phenolic OH excluding ortho intramolecular Hbond substituents is 1. The Kier molecular flexibility index (Phi) is 8.88. The van der Waals surface area contributed by atoms with Crippen molar-refractivity contribution < 1.29 is 38.6 Å². The molecule has 0 saturated heterocycles. The number of nitrogens with zero attached hydrogens (tertiary/aromatic N) is 1. The molecule has 37 heavy (non-hydrogen) atoms. The quantitative estimate of drug-likeness (QED) is 0.231. The Hall–Kier alpha value is -4.35. The van der Waals surface area contributed by atoms with Gasteiger partial charge >= 0.3 is 11.7 Å². The zero-order chi connectivity index (χ0) is 27.1. The summed E-state index contributed by atoms with van der Waals surface area (Å²) in [7, 11) is 1.25. The van der Waals surface area contributed by atoms with Gasteiger partial charge in [0.1, 0.15) is 6.04 Å². The Labute approximate surface area is 213 Å². The Bertz CT molecular complexity index is 1180. The molecule has 0 saturated carbocycles. The molecule has 198 valence electrons. The molecule has 2 atom stereocenters. The third-order valence-corrected chi connectivity index (χ3v) is 5.67. The molecule has 0 bridgehead atoms. The molecule has 0 radical (unpaired) electrons. The molecular formula is C25H29N3O9. The maximum absolute atomic E-state index is 13.3. The molecule has 1 aliphatic heterocycles. The molecule has 12 heteroatoms. The number of rotatable bonds is 11. The summed E-state index contributed by atoms with van der Waals surface area (Å²) in [6.45, 7) is 3.86. The van der Waals surface area contributed by atoms with Crippen molar-refractivity contribution in [2.24, 2.45) is 5.92 Å². The van der Waals surface area contributed by atoms with Crippen molar-refractivity contribution in [2.45, 2.75) is 45.2 Å². The Morgan fingerprint density at radius 2 is 1.84 bits per heavy atom. The summed E-state index contributed by atoms with van der Waals surface area (Å²) in [5, 5.41) is 26.2. The predicted molar refractivity (Wildman–Crippen MR) is 130 cm³/mol. The minimum Gasteiger partial charge on any atom is -0.502 e. The fourth-order valence-electron chi connectivity index (χ4n) is 3.87. The van der Waals surface area contributed by atoms with Crippen molar-refractivity contribution in [1.82, 2.24) is 10.6 Å². The number of carbonyl (C=O) groups is 3. The smallest absolute Gasteiger partial charge is 0.310 e. The summed E-state index contributed by atoms with van der Waals surface area (Å²) < 4.78 is 15.5. The lowest BCUT2D eigenvalue weighted by atomic mass is 9.99. The molecule has 1 heterocycles. The predicted octanol–water partition coefficient (Wildman–Crippen LogP) is 2.52. The number of ether oxygens (including phenoxy) is 3. The summed E-state index contributed by atoms with van der Waals surface area (Å²) in [6.07, 6.45) is -0.0390. The number of esters is 1. The van der Waals surface area contributed by atoms with E-state index >= 15 is 0 Å². The van der Waals surface area contributed by atoms with E-state index < -0.39 is 46.2 Å². The van der Waals surface area contributed by atoms with E-state index in [1.165, 1.54) is 13.2 Å². The highest BCUT2D eigenvalue weighted by Crippen LogP contribution is 2.35. The van der Waals surface area contributed by atoms with Crippen LogP contribution in [-0.2, 0) is 25.5 Å². The molecule has 12 nitrogen and oxygen atoms in total. The summed E-state index contributed by atoms with van der Waals surface area (Å²) in [6, 6.07) is 7.00. The van der Waals surface area contributed by atoms with Gasteiger partial charge in [0.15, 0.2) is 17.2 Å². The van der Waals surface area contributed by atoms with Crippen molar-refractivity contribution in [2.75, 3.05) is 13.9 Å². The number of fused-ring (bicyclic) bond motifs is 1. The fraction of sp³-hybridized carbons (Fsp3) is 0.400. The van der Waals surface area contributed by atoms with Crippen LogP contribution in [0.5, 0.6) is 17.2 Å². The standard InChI is InChI=1S/C25H29N3O9/c1-14(2)8-18(26-23(30)10-15-4-6-19(28(33)34)20(29)9-15)25(32)27-17(12-24(31)35-3)16-5-7-21-22(11-16)37-13-36-21/h4-7,9,11,14,17-18,29H,8,10,12-13H2,1-3H3,(H,26,30)(H,27,32). The van der Waals surface area contributed by atoms with Crippen LogP contribution >= 0.6 is 0 Å². The highest BCUT2D eigenvalue weighted by Gasteiger charge is 2.28. The van der Waals surface area contributed by atoms with Gasteiger partial charge in [-0.15, -0.1) is 0 Å². The molecule has 2 aromatic rings. The van der Waals surface area contributed by atoms with Gasteiger partial charge in [-0.25, -0.2) is 0 Å². The van der Waals surface area contributed by atoms with E-state index in [0.717, 1.165) is 12.1 Å². The average Bonchev–Trinajstić information content (AvgIpc) is 3.30. The van der Waals surface area contributed by atoms with Crippen molar-refractivity contribution in [3.05, 3.63) is 57.6 Å². The SMILES string of the molecule is COC(=O)CC(NC(=O)C(CC(C)C)NC(=O)Cc1ccc([N+](=O)[O-])c(O)c1)c1ccc2c(c1)OCO2. The number of hydrogen-bond donors (Lipinski definition) is 3. The summed E-state index contributed by atoms with van der Waals surface area (Å²) in [5.74, 6) is -1.02. The number of phenols is 1. The van der Waals surface area contributed by atoms with Crippen molar-refractivity contribution in [3.63, 3.8) is 0 Å². The molecule has 0 fully saturated rings. The Morgan fingerprint density at radius 3 is 2.49 bits per heavy atom. The van der Waals surface area contributed by atoms with Gasteiger partial charge in [0, 0.05) is 6.07 Å². The Balaban J connectivity index is 1.74. The normalized spacial score (nSPS) is 13.5. The maximum atomic E-state index is 13.3. The maximum Gasteiger partial charge on any atom is 0.310 e. The molecule has 2 amide bonds. The van der Waals surface area contributed by atoms with E-state index in [1.807, 2.05) is 13.8 Å². The monoisotopic (exact) mass is 515 g/mol. The van der Waals surface area contributed by atoms with Gasteiger partial charge in [-0.3, -0.25) is 24.5 Å². The Morgan fingerprint density at radius 1 is 1.11 bits per heavy atom. The van der Waals surface area contributed by atoms with Crippen LogP contribution in [0.3, 0.4) is 0 Å². The lowest BCUT2D eigenvalue weighted by Crippen LogP contribution is -2.49. The number of nitro groups is 1. The molecule has 3 N–H and O–H groups in total. The lowest BCUT2D eigenvalue weighted by Gasteiger charge is -2.24. The van der Waals surface area contributed by atoms with Crippen LogP contribution in [0.2, 0.25) is 0 Å². The van der Waals surface area contributed by atoms with Crippen LogP contribution in [0.25, 0.3) is 0 Å². The van der Waals surface area contributed by atoms with Crippen LogP contribution in [0.15, 0.2) is 36.4 Å². The van der Waals surface area contributed by atoms with Crippen LogP contribution in [0, 0.1) is 16.0 Å². The van der Waals surface area contributed by atoms with Crippen LogP contribution in [0.4, 0.5) is 5.69 Å². The summed E-state index contributed by atoms with van der Waals surface area (Å²) in [4.78, 5) is 48.2. The highest BCUT2D eigenvalue weighted by molar-refractivity contribution is 5.89. The van der Waals surface area contributed by atoms with E-state index in [2.05, 4.69) is 10.6 Å². The van der Waals surface area contributed by atoms with Gasteiger partial charge in [0.2, 0.25) is 18.6 Å². The second kappa shape index (κ2) is 12.1. The second-order valence-corrected chi connectivity index (χ2v) is 8.96. The fourth-order valence-corrected chi connectivity index (χ4v) is 3.87. The van der Waals surface area contributed by atoms with Crippen LogP contribution in [0.1, 0.15) is 43.9 Å². The minimum absolute atomic E-state index is 0.0454. The van der Waals surface area contributed by atoms with E-state index in [-0.39, 0.29) is 25.6 Å². The van der Waals surface area contributed by atoms with Gasteiger partial charge in [-0.2, -0.15) is 0 Å². The zero-order valence-corrected chi connectivity index (χ0v) is 20.7. The number of carbonyl (C=O) groups excluding carboxylic acids is 3. The second-order valence-electron chi connectivity index (χ2n) is 8.96. The molecule has 0 spiro atoms. The largest absolute Gasteiger partial charge is 0.502 e. The first-order valence-electron chi connectivity index (χ1n) is 11.6. The van der Waals surface area contributed by atoms with Gasteiger partial charge in [-0.1, -0.05) is 26.0 Å². The number of nitrogens with one attached hydrogen (secondary N) is 2. The molecule has 1 aliphatic rings. The zero-order valence-electron chi connectivity index (χ0n) is 20.7. The van der Waals surface area contributed by atoms with Gasteiger partial charge in [-0.05, 0) is 41.7 Å². The number of amides is 2. The molecule has 2 unspecified atom stereocenters. The van der Waals surface area contributed by atoms with Crippen LogP contribution < -0.4 is 20.1 Å². The molecular weight excluding hydrogens is 486 g/mol. The molecule has 0 aliphatic carbocycles. The number of methoxy groups -OCH3 is 1. The van der Waals surface area contributed by atoms with Crippen LogP contribution in [-0.4, -0.2) is 47.8 Å². The number of nitro benzene ring substituents is 1. The number of aromatic hydroxyl groups is 1. The van der Waals surface area contributed by atoms with Crippen molar-refractivity contribution in [1.29, 1.82) is 0 Å². The van der Waals surface area contributed by atoms with Crippen molar-refractivity contribution >= 4 is 23.5 Å². The van der Waals surface area contributed by atoms with E-state index in [0.29, 0.717) is 29.0 Å². The first kappa shape index (κ1) is 27.2. The van der Waals surface area contributed by atoms with E-state index in [1.54, 1.807) is 18.2 Å². The third kappa shape index (κ3) is 7.32. The minimum atomic E-state index is -0.923. The molecule has 0 aromatic heterocycles. The molecule has 2 aromatic carbocycles. The highest BCUT2D eigenvalue weighted by atomic mass is 16.7. The first-order chi connectivity index (χ1) is 17.6. The van der Waals surface area contributed by atoms with Gasteiger partial charge < -0.3 is 30.0 Å². The topological polar surface area (TPSA) is 166 Å². The number of hydrogen-bond acceptors (Lipinski definition) is 9. The lowest BCUT2D eigenvalue weighted by molar-refractivity contribution is -0.385. The number of benzene rings is 2. The van der Waals surface area contributed by atoms with E-state index in [9.17, 15) is 29.6 Å². The van der Waals surface area contributed by atoms with E-state index in [4.69, 9.17) is 14.2 Å². The summed E-state index contributed by atoms with van der Waals surface area (Å²) >= 11 is 0. The van der Waals surface area contributed by atoms with Gasteiger partial charge in [0.05, 0.1) is 30.9 Å². The summed E-state index contributed by atoms with van der Waals surface area (Å²) in [5.41, 5.74) is 0.466. The molecule has 3 rings (SSSR count). The first-order valence-corrected chi connectivity index (χ1v) is 11.6. The van der Waals surface area contributed by atoms with Gasteiger partial charge in [0.25, 0.3) is 0 Å².